The highest BCUT2D eigenvalue weighted by Gasteiger charge is 2.17. The van der Waals surface area contributed by atoms with E-state index in [-0.39, 0.29) is 5.91 Å². The number of hydrogen-bond donors (Lipinski definition) is 1. The van der Waals surface area contributed by atoms with Gasteiger partial charge in [0.1, 0.15) is 10.8 Å². The van der Waals surface area contributed by atoms with E-state index >= 15 is 0 Å². The van der Waals surface area contributed by atoms with Gasteiger partial charge in [0, 0.05) is 14.1 Å². The van der Waals surface area contributed by atoms with Gasteiger partial charge in [-0.2, -0.15) is 0 Å². The van der Waals surface area contributed by atoms with Crippen molar-refractivity contribution in [2.75, 3.05) is 19.0 Å². The number of halogens is 1. The second-order valence-electron chi connectivity index (χ2n) is 4.24. The molecular formula is C14H15ClN4O. The number of carbonyl (C=O) groups excluding carboxylic acids is 1. The smallest absolute Gasteiger partial charge is 0.253 e. The second kappa shape index (κ2) is 5.88. The third kappa shape index (κ3) is 2.72. The summed E-state index contributed by atoms with van der Waals surface area (Å²) in [5, 5.41) is 3.06. The van der Waals surface area contributed by atoms with E-state index < -0.39 is 0 Å². The van der Waals surface area contributed by atoms with Gasteiger partial charge in [-0.15, -0.1) is 0 Å². The molecule has 0 saturated heterocycles. The van der Waals surface area contributed by atoms with Crippen LogP contribution >= 0.6 is 11.6 Å². The van der Waals surface area contributed by atoms with Gasteiger partial charge in [0.15, 0.2) is 5.82 Å². The van der Waals surface area contributed by atoms with Crippen LogP contribution < -0.4 is 10.2 Å². The van der Waals surface area contributed by atoms with Gasteiger partial charge >= 0.3 is 0 Å². The highest BCUT2D eigenvalue weighted by molar-refractivity contribution is 6.33. The number of amides is 1. The van der Waals surface area contributed by atoms with Gasteiger partial charge in [0.2, 0.25) is 0 Å². The molecule has 1 amide bonds. The molecule has 1 N–H and O–H groups in total. The van der Waals surface area contributed by atoms with Crippen LogP contribution in [0.4, 0.5) is 11.5 Å². The number of carbonyl (C=O) groups is 1. The molecule has 0 aliphatic heterocycles. The molecule has 1 heterocycles. The van der Waals surface area contributed by atoms with Crippen molar-refractivity contribution < 1.29 is 4.79 Å². The van der Waals surface area contributed by atoms with E-state index in [0.717, 1.165) is 5.69 Å². The molecule has 0 aliphatic rings. The zero-order chi connectivity index (χ0) is 14.7. The van der Waals surface area contributed by atoms with E-state index in [1.807, 2.05) is 25.2 Å². The number of para-hydroxylation sites is 1. The minimum Gasteiger partial charge on any atom is -0.355 e. The molecule has 0 unspecified atom stereocenters. The Morgan fingerprint density at radius 2 is 2.05 bits per heavy atom. The largest absolute Gasteiger partial charge is 0.355 e. The maximum Gasteiger partial charge on any atom is 0.253 e. The minimum atomic E-state index is -0.158. The molecule has 5 nitrogen and oxygen atoms in total. The summed E-state index contributed by atoms with van der Waals surface area (Å²) in [6, 6.07) is 7.28. The number of hydrogen-bond acceptors (Lipinski definition) is 4. The van der Waals surface area contributed by atoms with Crippen LogP contribution in [0.25, 0.3) is 0 Å². The van der Waals surface area contributed by atoms with Crippen LogP contribution in [0.15, 0.2) is 30.5 Å². The monoisotopic (exact) mass is 290 g/mol. The van der Waals surface area contributed by atoms with E-state index in [2.05, 4.69) is 15.3 Å². The summed E-state index contributed by atoms with van der Waals surface area (Å²) in [5.74, 6) is 1.03. The first kappa shape index (κ1) is 14.3. The molecular weight excluding hydrogens is 276 g/mol. The Morgan fingerprint density at radius 3 is 2.75 bits per heavy atom. The maximum absolute atomic E-state index is 11.9. The fraction of sp³-hybridized carbons (Fsp3) is 0.214. The zero-order valence-electron chi connectivity index (χ0n) is 11.5. The SMILES string of the molecule is CNC(=O)c1ccccc1N(C)c1nc(C)ncc1Cl. The molecule has 1 aromatic heterocycles. The van der Waals surface area contributed by atoms with Crippen molar-refractivity contribution in [3.63, 3.8) is 0 Å². The van der Waals surface area contributed by atoms with Crippen molar-refractivity contribution in [1.82, 2.24) is 15.3 Å². The van der Waals surface area contributed by atoms with Crippen molar-refractivity contribution >= 4 is 29.0 Å². The van der Waals surface area contributed by atoms with E-state index in [4.69, 9.17) is 11.6 Å². The molecule has 0 radical (unpaired) electrons. The van der Waals surface area contributed by atoms with Crippen molar-refractivity contribution in [2.45, 2.75) is 6.92 Å². The predicted molar refractivity (Wildman–Crippen MR) is 79.7 cm³/mol. The summed E-state index contributed by atoms with van der Waals surface area (Å²) in [7, 11) is 3.41. The lowest BCUT2D eigenvalue weighted by Crippen LogP contribution is -2.22. The molecule has 2 aromatic rings. The van der Waals surface area contributed by atoms with Gasteiger partial charge in [-0.1, -0.05) is 23.7 Å². The summed E-state index contributed by atoms with van der Waals surface area (Å²) < 4.78 is 0. The quantitative estimate of drug-likeness (QED) is 0.944. The average Bonchev–Trinajstić information content (AvgIpc) is 2.48. The van der Waals surface area contributed by atoms with Gasteiger partial charge in [0.05, 0.1) is 17.4 Å². The molecule has 0 saturated carbocycles. The molecule has 2 rings (SSSR count). The Morgan fingerprint density at radius 1 is 1.35 bits per heavy atom. The molecule has 0 aliphatic carbocycles. The van der Waals surface area contributed by atoms with Crippen molar-refractivity contribution in [3.05, 3.63) is 46.9 Å². The van der Waals surface area contributed by atoms with Crippen LogP contribution in [0.5, 0.6) is 0 Å². The van der Waals surface area contributed by atoms with Crippen LogP contribution in [-0.4, -0.2) is 30.0 Å². The third-order valence-corrected chi connectivity index (χ3v) is 3.17. The molecule has 0 spiro atoms. The van der Waals surface area contributed by atoms with Crippen molar-refractivity contribution in [2.24, 2.45) is 0 Å². The maximum atomic E-state index is 11.9. The van der Waals surface area contributed by atoms with E-state index in [1.54, 1.807) is 31.1 Å². The van der Waals surface area contributed by atoms with Gasteiger partial charge in [-0.25, -0.2) is 9.97 Å². The standard InChI is InChI=1S/C14H15ClN4O/c1-9-17-8-11(15)13(18-9)19(3)12-7-5-4-6-10(12)14(20)16-2/h4-8H,1-3H3,(H,16,20). The predicted octanol–water partition coefficient (Wildman–Crippen LogP) is 2.57. The Hall–Kier alpha value is -2.14. The summed E-state index contributed by atoms with van der Waals surface area (Å²) in [6.07, 6.45) is 1.55. The van der Waals surface area contributed by atoms with Gasteiger partial charge in [-0.05, 0) is 19.1 Å². The number of anilines is 2. The molecule has 1 aromatic carbocycles. The zero-order valence-corrected chi connectivity index (χ0v) is 12.3. The van der Waals surface area contributed by atoms with Crippen molar-refractivity contribution in [3.8, 4) is 0 Å². The molecule has 104 valence electrons. The molecule has 6 heteroatoms. The van der Waals surface area contributed by atoms with Crippen LogP contribution in [0.2, 0.25) is 5.02 Å². The van der Waals surface area contributed by atoms with Crippen LogP contribution in [0, 0.1) is 6.92 Å². The Kier molecular flexibility index (Phi) is 4.20. The first-order valence-electron chi connectivity index (χ1n) is 6.08. The molecule has 0 atom stereocenters. The number of benzene rings is 1. The number of rotatable bonds is 3. The third-order valence-electron chi connectivity index (χ3n) is 2.90. The summed E-state index contributed by atoms with van der Waals surface area (Å²) in [5.41, 5.74) is 1.29. The summed E-state index contributed by atoms with van der Waals surface area (Å²) in [4.78, 5) is 22.1. The summed E-state index contributed by atoms with van der Waals surface area (Å²) in [6.45, 7) is 1.79. The number of aryl methyl sites for hydroxylation is 1. The van der Waals surface area contributed by atoms with Crippen LogP contribution in [0.1, 0.15) is 16.2 Å². The lowest BCUT2D eigenvalue weighted by molar-refractivity contribution is 0.0963. The van der Waals surface area contributed by atoms with E-state index in [9.17, 15) is 4.79 Å². The van der Waals surface area contributed by atoms with Gasteiger partial charge in [-0.3, -0.25) is 4.79 Å². The average molecular weight is 291 g/mol. The fourth-order valence-electron chi connectivity index (χ4n) is 1.89. The lowest BCUT2D eigenvalue weighted by atomic mass is 10.1. The summed E-state index contributed by atoms with van der Waals surface area (Å²) >= 11 is 6.14. The number of aromatic nitrogens is 2. The first-order valence-corrected chi connectivity index (χ1v) is 6.46. The first-order chi connectivity index (χ1) is 9.54. The van der Waals surface area contributed by atoms with Gasteiger partial charge in [0.25, 0.3) is 5.91 Å². The Bertz CT molecular complexity index is 645. The minimum absolute atomic E-state index is 0.158. The fourth-order valence-corrected chi connectivity index (χ4v) is 2.10. The van der Waals surface area contributed by atoms with Crippen LogP contribution in [-0.2, 0) is 0 Å². The van der Waals surface area contributed by atoms with Crippen molar-refractivity contribution in [1.29, 1.82) is 0 Å². The highest BCUT2D eigenvalue weighted by atomic mass is 35.5. The highest BCUT2D eigenvalue weighted by Crippen LogP contribution is 2.30. The lowest BCUT2D eigenvalue weighted by Gasteiger charge is -2.22. The van der Waals surface area contributed by atoms with Gasteiger partial charge < -0.3 is 10.2 Å². The van der Waals surface area contributed by atoms with E-state index in [1.165, 1.54) is 0 Å². The molecule has 0 fully saturated rings. The normalized spacial score (nSPS) is 10.2. The molecule has 0 bridgehead atoms. The molecule has 20 heavy (non-hydrogen) atoms. The topological polar surface area (TPSA) is 58.1 Å². The Labute approximate surface area is 122 Å². The second-order valence-corrected chi connectivity index (χ2v) is 4.65. The van der Waals surface area contributed by atoms with Crippen LogP contribution in [0.3, 0.4) is 0 Å². The van der Waals surface area contributed by atoms with E-state index in [0.29, 0.717) is 22.2 Å². The number of nitrogens with zero attached hydrogens (tertiary/aromatic N) is 3. The Balaban J connectivity index is 2.51. The number of nitrogens with one attached hydrogen (secondary N) is 1.